The maximum Gasteiger partial charge on any atom is 0.309 e. The van der Waals surface area contributed by atoms with Crippen LogP contribution < -0.4 is 9.75 Å². The molecule has 1 N–H and O–H groups in total. The number of para-hydroxylation sites is 2. The summed E-state index contributed by atoms with van der Waals surface area (Å²) in [5.41, 5.74) is 0.865. The lowest BCUT2D eigenvalue weighted by molar-refractivity contribution is -0.135. The molecule has 2 rings (SSSR count). The number of ether oxygens (including phenoxy) is 1. The van der Waals surface area contributed by atoms with Crippen molar-refractivity contribution in [3.63, 3.8) is 0 Å². The second-order valence-corrected chi connectivity index (χ2v) is 3.79. The number of nitrogens with zero attached hydrogens (tertiary/aromatic N) is 2. The summed E-state index contributed by atoms with van der Waals surface area (Å²) in [4.78, 5) is 22.4. The van der Waals surface area contributed by atoms with Gasteiger partial charge in [0.1, 0.15) is 11.4 Å². The van der Waals surface area contributed by atoms with Crippen molar-refractivity contribution in [2.75, 3.05) is 12.1 Å². The average Bonchev–Trinajstić information content (AvgIpc) is 2.69. The van der Waals surface area contributed by atoms with Gasteiger partial charge in [-0.3, -0.25) is 9.59 Å². The molecule has 0 saturated carbocycles. The standard InChI is InChI=1S/C12H12N2O4/c1-18-10-5-3-2-4-9(10)14-11(15)6-8(13-14)7-12(16)17/h2-5H,6-7H2,1H3,(H,16,17). The molecule has 1 amide bonds. The topological polar surface area (TPSA) is 79.2 Å². The lowest BCUT2D eigenvalue weighted by Crippen LogP contribution is -2.20. The van der Waals surface area contributed by atoms with E-state index < -0.39 is 5.97 Å². The van der Waals surface area contributed by atoms with Crippen LogP contribution in [0.5, 0.6) is 5.75 Å². The van der Waals surface area contributed by atoms with E-state index in [4.69, 9.17) is 9.84 Å². The van der Waals surface area contributed by atoms with Crippen molar-refractivity contribution in [1.29, 1.82) is 0 Å². The highest BCUT2D eigenvalue weighted by atomic mass is 16.5. The first kappa shape index (κ1) is 12.1. The van der Waals surface area contributed by atoms with Crippen molar-refractivity contribution in [2.45, 2.75) is 12.8 Å². The van der Waals surface area contributed by atoms with E-state index in [1.807, 2.05) is 0 Å². The molecule has 0 aromatic heterocycles. The van der Waals surface area contributed by atoms with Gasteiger partial charge in [0.05, 0.1) is 25.7 Å². The minimum absolute atomic E-state index is 0.0321. The van der Waals surface area contributed by atoms with E-state index in [0.29, 0.717) is 17.1 Å². The second kappa shape index (κ2) is 4.87. The molecule has 0 aliphatic carbocycles. The third kappa shape index (κ3) is 2.32. The van der Waals surface area contributed by atoms with E-state index in [0.717, 1.165) is 0 Å². The molecule has 18 heavy (non-hydrogen) atoms. The van der Waals surface area contributed by atoms with Crippen LogP contribution in [0.2, 0.25) is 0 Å². The molecule has 0 radical (unpaired) electrons. The maximum atomic E-state index is 11.8. The minimum atomic E-state index is -0.997. The summed E-state index contributed by atoms with van der Waals surface area (Å²) in [6.07, 6.45) is -0.193. The molecule has 1 heterocycles. The molecular formula is C12H12N2O4. The highest BCUT2D eigenvalue weighted by molar-refractivity contribution is 6.16. The summed E-state index contributed by atoms with van der Waals surface area (Å²) in [7, 11) is 1.50. The van der Waals surface area contributed by atoms with Crippen molar-refractivity contribution in [3.05, 3.63) is 24.3 Å². The van der Waals surface area contributed by atoms with Crippen molar-refractivity contribution in [1.82, 2.24) is 0 Å². The fourth-order valence-electron chi connectivity index (χ4n) is 1.75. The summed E-state index contributed by atoms with van der Waals surface area (Å²) in [6, 6.07) is 6.96. The second-order valence-electron chi connectivity index (χ2n) is 3.79. The maximum absolute atomic E-state index is 11.8. The normalized spacial score (nSPS) is 14.6. The highest BCUT2D eigenvalue weighted by Crippen LogP contribution is 2.30. The van der Waals surface area contributed by atoms with Crippen molar-refractivity contribution < 1.29 is 19.4 Å². The molecule has 0 bridgehead atoms. The third-order valence-corrected chi connectivity index (χ3v) is 2.50. The Morgan fingerprint density at radius 1 is 1.50 bits per heavy atom. The van der Waals surface area contributed by atoms with E-state index in [1.54, 1.807) is 24.3 Å². The first-order valence-electron chi connectivity index (χ1n) is 5.36. The minimum Gasteiger partial charge on any atom is -0.494 e. The molecule has 0 atom stereocenters. The van der Waals surface area contributed by atoms with Crippen LogP contribution in [0.25, 0.3) is 0 Å². The average molecular weight is 248 g/mol. The summed E-state index contributed by atoms with van der Waals surface area (Å²) in [5, 5.41) is 13.9. The molecule has 0 saturated heterocycles. The molecule has 6 heteroatoms. The molecule has 6 nitrogen and oxygen atoms in total. The van der Waals surface area contributed by atoms with Crippen molar-refractivity contribution in [3.8, 4) is 5.75 Å². The number of carbonyl (C=O) groups excluding carboxylic acids is 1. The Kier molecular flexibility index (Phi) is 3.27. The smallest absolute Gasteiger partial charge is 0.309 e. The predicted octanol–water partition coefficient (Wildman–Crippen LogP) is 1.26. The molecule has 94 valence electrons. The molecule has 1 aliphatic rings. The SMILES string of the molecule is COc1ccccc1N1N=C(CC(=O)O)CC1=O. The first-order valence-corrected chi connectivity index (χ1v) is 5.36. The zero-order chi connectivity index (χ0) is 13.1. The number of carboxylic acid groups (broad SMARTS) is 1. The Hall–Kier alpha value is -2.37. The van der Waals surface area contributed by atoms with Gasteiger partial charge in [-0.15, -0.1) is 0 Å². The molecular weight excluding hydrogens is 236 g/mol. The van der Waals surface area contributed by atoms with Gasteiger partial charge in [-0.2, -0.15) is 10.1 Å². The van der Waals surface area contributed by atoms with Crippen LogP contribution in [0.4, 0.5) is 5.69 Å². The summed E-state index contributed by atoms with van der Waals surface area (Å²) >= 11 is 0. The van der Waals surface area contributed by atoms with Gasteiger partial charge in [-0.1, -0.05) is 12.1 Å². The number of anilines is 1. The van der Waals surface area contributed by atoms with Gasteiger partial charge < -0.3 is 9.84 Å². The highest BCUT2D eigenvalue weighted by Gasteiger charge is 2.28. The van der Waals surface area contributed by atoms with Gasteiger partial charge in [0, 0.05) is 0 Å². The Bertz CT molecular complexity index is 525. The van der Waals surface area contributed by atoms with Gasteiger partial charge >= 0.3 is 5.97 Å². The zero-order valence-electron chi connectivity index (χ0n) is 9.79. The Morgan fingerprint density at radius 3 is 2.89 bits per heavy atom. The number of aliphatic carboxylic acids is 1. The number of amides is 1. The van der Waals surface area contributed by atoms with Gasteiger partial charge in [0.25, 0.3) is 5.91 Å². The number of methoxy groups -OCH3 is 1. The Morgan fingerprint density at radius 2 is 2.22 bits per heavy atom. The van der Waals surface area contributed by atoms with E-state index in [9.17, 15) is 9.59 Å². The number of carbonyl (C=O) groups is 2. The molecule has 0 unspecified atom stereocenters. The number of hydrogen-bond acceptors (Lipinski definition) is 4. The number of hydrazone groups is 1. The van der Waals surface area contributed by atoms with Crippen LogP contribution in [0.1, 0.15) is 12.8 Å². The van der Waals surface area contributed by atoms with Crippen LogP contribution in [0.3, 0.4) is 0 Å². The van der Waals surface area contributed by atoms with Crippen LogP contribution >= 0.6 is 0 Å². The lowest BCUT2D eigenvalue weighted by Gasteiger charge is -2.14. The molecule has 1 aliphatic heterocycles. The molecule has 0 spiro atoms. The zero-order valence-corrected chi connectivity index (χ0v) is 9.79. The van der Waals surface area contributed by atoms with Crippen molar-refractivity contribution >= 4 is 23.3 Å². The first-order chi connectivity index (χ1) is 8.61. The van der Waals surface area contributed by atoms with E-state index in [2.05, 4.69) is 5.10 Å². The van der Waals surface area contributed by atoms with Gasteiger partial charge in [0.15, 0.2) is 0 Å². The quantitative estimate of drug-likeness (QED) is 0.870. The Balaban J connectivity index is 2.30. The van der Waals surface area contributed by atoms with E-state index >= 15 is 0 Å². The lowest BCUT2D eigenvalue weighted by atomic mass is 10.2. The van der Waals surface area contributed by atoms with Crippen LogP contribution in [0, 0.1) is 0 Å². The summed E-state index contributed by atoms with van der Waals surface area (Å²) < 4.78 is 5.14. The van der Waals surface area contributed by atoms with Crippen LogP contribution in [0.15, 0.2) is 29.4 Å². The van der Waals surface area contributed by atoms with Crippen LogP contribution in [-0.4, -0.2) is 29.8 Å². The third-order valence-electron chi connectivity index (χ3n) is 2.50. The summed E-state index contributed by atoms with van der Waals surface area (Å²) in [6.45, 7) is 0. The molecule has 1 aromatic carbocycles. The predicted molar refractivity (Wildman–Crippen MR) is 64.8 cm³/mol. The number of rotatable bonds is 4. The van der Waals surface area contributed by atoms with Crippen molar-refractivity contribution in [2.24, 2.45) is 5.10 Å². The number of benzene rings is 1. The number of hydrogen-bond donors (Lipinski definition) is 1. The monoisotopic (exact) mass is 248 g/mol. The fraction of sp³-hybridized carbons (Fsp3) is 0.250. The Labute approximate surface area is 103 Å². The van der Waals surface area contributed by atoms with E-state index in [-0.39, 0.29) is 18.7 Å². The fourth-order valence-corrected chi connectivity index (χ4v) is 1.75. The van der Waals surface area contributed by atoms with Gasteiger partial charge in [-0.05, 0) is 12.1 Å². The summed E-state index contributed by atoms with van der Waals surface area (Å²) in [5.74, 6) is -0.731. The molecule has 1 aromatic rings. The van der Waals surface area contributed by atoms with E-state index in [1.165, 1.54) is 12.1 Å². The van der Waals surface area contributed by atoms with Gasteiger partial charge in [0.2, 0.25) is 0 Å². The largest absolute Gasteiger partial charge is 0.494 e. The molecule has 0 fully saturated rings. The number of carboxylic acids is 1. The van der Waals surface area contributed by atoms with Crippen LogP contribution in [-0.2, 0) is 9.59 Å². The van der Waals surface area contributed by atoms with Gasteiger partial charge in [-0.25, -0.2) is 0 Å².